The van der Waals surface area contributed by atoms with Gasteiger partial charge in [0.25, 0.3) is 5.91 Å². The fourth-order valence-corrected chi connectivity index (χ4v) is 2.50. The molecule has 0 spiro atoms. The van der Waals surface area contributed by atoms with E-state index in [1.165, 1.54) is 0 Å². The van der Waals surface area contributed by atoms with Crippen LogP contribution in [0.2, 0.25) is 0 Å². The summed E-state index contributed by atoms with van der Waals surface area (Å²) < 4.78 is 5.82. The zero-order valence-electron chi connectivity index (χ0n) is 14.7. The number of nitrogens with zero attached hydrogens (tertiary/aromatic N) is 1. The molecule has 2 rings (SSSR count). The number of anilines is 1. The molecule has 0 radical (unpaired) electrons. The molecule has 24 heavy (non-hydrogen) atoms. The lowest BCUT2D eigenvalue weighted by atomic mass is 10.1. The van der Waals surface area contributed by atoms with Gasteiger partial charge in [0.05, 0.1) is 18.8 Å². The van der Waals surface area contributed by atoms with E-state index in [2.05, 4.69) is 24.5 Å². The average Bonchev–Trinajstić information content (AvgIpc) is 2.57. The number of nitrogens with one attached hydrogen (secondary N) is 2. The van der Waals surface area contributed by atoms with Crippen LogP contribution in [-0.4, -0.2) is 44.1 Å². The van der Waals surface area contributed by atoms with Gasteiger partial charge in [-0.25, -0.2) is 0 Å². The Hall–Kier alpha value is -2.24. The van der Waals surface area contributed by atoms with E-state index in [9.17, 15) is 9.59 Å². The largest absolute Gasteiger partial charge is 0.477 e. The highest BCUT2D eigenvalue weighted by atomic mass is 16.5. The summed E-state index contributed by atoms with van der Waals surface area (Å²) in [7, 11) is 0. The smallest absolute Gasteiger partial charge is 0.262 e. The van der Waals surface area contributed by atoms with Crippen molar-refractivity contribution in [3.63, 3.8) is 0 Å². The maximum atomic E-state index is 12.2. The Morgan fingerprint density at radius 1 is 1.29 bits per heavy atom. The number of fused-ring (bicyclic) bond motifs is 1. The first kappa shape index (κ1) is 18.1. The monoisotopic (exact) mass is 333 g/mol. The van der Waals surface area contributed by atoms with Crippen LogP contribution in [0.5, 0.6) is 5.75 Å². The highest BCUT2D eigenvalue weighted by Gasteiger charge is 2.31. The molecule has 1 aromatic carbocycles. The van der Waals surface area contributed by atoms with Crippen molar-refractivity contribution in [2.24, 2.45) is 5.92 Å². The molecule has 1 heterocycles. The molecular formula is C18H27N3O3. The van der Waals surface area contributed by atoms with Gasteiger partial charge in [-0.15, -0.1) is 0 Å². The molecule has 132 valence electrons. The van der Waals surface area contributed by atoms with Gasteiger partial charge in [-0.2, -0.15) is 0 Å². The van der Waals surface area contributed by atoms with Crippen LogP contribution < -0.4 is 20.3 Å². The van der Waals surface area contributed by atoms with E-state index in [-0.39, 0.29) is 18.4 Å². The van der Waals surface area contributed by atoms with Crippen LogP contribution in [0.25, 0.3) is 0 Å². The SMILES string of the molecule is CCCNC(=O)[C@H]1CN(CC(=O)NCC(C)C)c2ccccc2O1. The van der Waals surface area contributed by atoms with E-state index in [0.29, 0.717) is 31.3 Å². The lowest BCUT2D eigenvalue weighted by Gasteiger charge is -2.35. The Morgan fingerprint density at radius 2 is 2.04 bits per heavy atom. The zero-order chi connectivity index (χ0) is 17.5. The van der Waals surface area contributed by atoms with Crippen LogP contribution in [0.3, 0.4) is 0 Å². The quantitative estimate of drug-likeness (QED) is 0.794. The minimum Gasteiger partial charge on any atom is -0.477 e. The molecule has 0 bridgehead atoms. The van der Waals surface area contributed by atoms with Crippen molar-refractivity contribution in [2.45, 2.75) is 33.3 Å². The van der Waals surface area contributed by atoms with Crippen LogP contribution in [0.4, 0.5) is 5.69 Å². The number of amides is 2. The van der Waals surface area contributed by atoms with E-state index in [1.54, 1.807) is 0 Å². The Labute approximate surface area is 143 Å². The van der Waals surface area contributed by atoms with Crippen LogP contribution >= 0.6 is 0 Å². The van der Waals surface area contributed by atoms with Gasteiger partial charge in [-0.05, 0) is 24.5 Å². The number of rotatable bonds is 7. The van der Waals surface area contributed by atoms with Gasteiger partial charge in [0.15, 0.2) is 6.10 Å². The molecule has 1 atom stereocenters. The highest BCUT2D eigenvalue weighted by molar-refractivity contribution is 5.86. The van der Waals surface area contributed by atoms with Crippen LogP contribution in [0.15, 0.2) is 24.3 Å². The van der Waals surface area contributed by atoms with Gasteiger partial charge in [0.2, 0.25) is 5.91 Å². The molecule has 1 aromatic rings. The fourth-order valence-electron chi connectivity index (χ4n) is 2.50. The summed E-state index contributed by atoms with van der Waals surface area (Å²) in [4.78, 5) is 26.3. The predicted octanol–water partition coefficient (Wildman–Crippen LogP) is 1.55. The van der Waals surface area contributed by atoms with Gasteiger partial charge in [0.1, 0.15) is 5.75 Å². The van der Waals surface area contributed by atoms with Gasteiger partial charge < -0.3 is 20.3 Å². The molecule has 1 aliphatic heterocycles. The van der Waals surface area contributed by atoms with Crippen molar-refractivity contribution in [3.8, 4) is 5.75 Å². The van der Waals surface area contributed by atoms with Crippen molar-refractivity contribution in [1.29, 1.82) is 0 Å². The summed E-state index contributed by atoms with van der Waals surface area (Å²) in [5.41, 5.74) is 0.844. The topological polar surface area (TPSA) is 70.7 Å². The lowest BCUT2D eigenvalue weighted by Crippen LogP contribution is -2.51. The standard InChI is InChI=1S/C18H27N3O3/c1-4-9-19-18(23)16-11-21(12-17(22)20-10-13(2)3)14-7-5-6-8-15(14)24-16/h5-8,13,16H,4,9-12H2,1-3H3,(H,19,23)(H,20,22)/t16-/m1/s1. The second-order valence-electron chi connectivity index (χ2n) is 6.44. The van der Waals surface area contributed by atoms with Crippen molar-refractivity contribution in [1.82, 2.24) is 10.6 Å². The summed E-state index contributed by atoms with van der Waals surface area (Å²) >= 11 is 0. The van der Waals surface area contributed by atoms with Crippen molar-refractivity contribution in [3.05, 3.63) is 24.3 Å². The third-order valence-electron chi connectivity index (χ3n) is 3.74. The van der Waals surface area contributed by atoms with Gasteiger partial charge >= 0.3 is 0 Å². The number of para-hydroxylation sites is 2. The molecule has 0 fully saturated rings. The first-order chi connectivity index (χ1) is 11.5. The molecule has 0 saturated heterocycles. The normalized spacial score (nSPS) is 16.3. The van der Waals surface area contributed by atoms with Crippen molar-refractivity contribution in [2.75, 3.05) is 31.1 Å². The summed E-state index contributed by atoms with van der Waals surface area (Å²) in [5, 5.41) is 5.77. The number of benzene rings is 1. The Balaban J connectivity index is 2.07. The molecule has 0 aromatic heterocycles. The van der Waals surface area contributed by atoms with Crippen LogP contribution in [0, 0.1) is 5.92 Å². The molecule has 0 unspecified atom stereocenters. The highest BCUT2D eigenvalue weighted by Crippen LogP contribution is 2.32. The van der Waals surface area contributed by atoms with Gasteiger partial charge in [-0.3, -0.25) is 9.59 Å². The number of hydrogen-bond acceptors (Lipinski definition) is 4. The minimum atomic E-state index is -0.607. The van der Waals surface area contributed by atoms with E-state index in [1.807, 2.05) is 36.1 Å². The number of hydrogen-bond donors (Lipinski definition) is 2. The predicted molar refractivity (Wildman–Crippen MR) is 94.2 cm³/mol. The third kappa shape index (κ3) is 4.88. The third-order valence-corrected chi connectivity index (χ3v) is 3.74. The summed E-state index contributed by atoms with van der Waals surface area (Å²) in [5.74, 6) is 0.850. The second kappa shape index (κ2) is 8.57. The molecule has 0 saturated carbocycles. The molecule has 1 aliphatic rings. The molecule has 2 amide bonds. The second-order valence-corrected chi connectivity index (χ2v) is 6.44. The summed E-state index contributed by atoms with van der Waals surface area (Å²) in [6.07, 6.45) is 0.264. The van der Waals surface area contributed by atoms with Gasteiger partial charge in [-0.1, -0.05) is 32.9 Å². The maximum Gasteiger partial charge on any atom is 0.262 e. The van der Waals surface area contributed by atoms with E-state index >= 15 is 0 Å². The lowest BCUT2D eigenvalue weighted by molar-refractivity contribution is -0.128. The number of carbonyl (C=O) groups excluding carboxylic acids is 2. The molecule has 0 aliphatic carbocycles. The van der Waals surface area contributed by atoms with Crippen molar-refractivity contribution < 1.29 is 14.3 Å². The molecule has 2 N–H and O–H groups in total. The first-order valence-electron chi connectivity index (χ1n) is 8.56. The Morgan fingerprint density at radius 3 is 2.75 bits per heavy atom. The Kier molecular flexibility index (Phi) is 6.46. The van der Waals surface area contributed by atoms with Gasteiger partial charge in [0, 0.05) is 13.1 Å². The first-order valence-corrected chi connectivity index (χ1v) is 8.56. The van der Waals surface area contributed by atoms with E-state index in [4.69, 9.17) is 4.74 Å². The summed E-state index contributed by atoms with van der Waals surface area (Å²) in [6.45, 7) is 7.95. The Bertz CT molecular complexity index is 574. The van der Waals surface area contributed by atoms with Crippen LogP contribution in [0.1, 0.15) is 27.2 Å². The van der Waals surface area contributed by atoms with Crippen molar-refractivity contribution >= 4 is 17.5 Å². The van der Waals surface area contributed by atoms with Crippen LogP contribution in [-0.2, 0) is 9.59 Å². The minimum absolute atomic E-state index is 0.0480. The number of carbonyl (C=O) groups is 2. The fraction of sp³-hybridized carbons (Fsp3) is 0.556. The van der Waals surface area contributed by atoms with E-state index < -0.39 is 6.10 Å². The zero-order valence-corrected chi connectivity index (χ0v) is 14.7. The summed E-state index contributed by atoms with van der Waals surface area (Å²) in [6, 6.07) is 7.50. The molecular weight excluding hydrogens is 306 g/mol. The molecule has 6 nitrogen and oxygen atoms in total. The number of ether oxygens (including phenoxy) is 1. The average molecular weight is 333 g/mol. The van der Waals surface area contributed by atoms with E-state index in [0.717, 1.165) is 12.1 Å². The maximum absolute atomic E-state index is 12.2. The molecule has 6 heteroatoms.